The Balaban J connectivity index is 1.93. The van der Waals surface area contributed by atoms with Crippen LogP contribution in [-0.2, 0) is 0 Å². The van der Waals surface area contributed by atoms with Gasteiger partial charge in [0.1, 0.15) is 0 Å². The summed E-state index contributed by atoms with van der Waals surface area (Å²) < 4.78 is 0. The Bertz CT molecular complexity index is 522. The molecule has 1 unspecified atom stereocenters. The van der Waals surface area contributed by atoms with Gasteiger partial charge in [-0.05, 0) is 43.9 Å². The lowest BCUT2D eigenvalue weighted by molar-refractivity contribution is 0.0697. The van der Waals surface area contributed by atoms with Gasteiger partial charge >= 0.3 is 12.0 Å². The number of hydrogen-bond acceptors (Lipinski definition) is 3. The van der Waals surface area contributed by atoms with Crippen LogP contribution in [0.3, 0.4) is 0 Å². The zero-order chi connectivity index (χ0) is 15.4. The number of anilines is 1. The van der Waals surface area contributed by atoms with E-state index in [0.717, 1.165) is 12.8 Å². The zero-order valence-electron chi connectivity index (χ0n) is 12.0. The molecule has 0 radical (unpaired) electrons. The summed E-state index contributed by atoms with van der Waals surface area (Å²) in [6.45, 7) is 2.97. The van der Waals surface area contributed by atoms with Crippen LogP contribution in [0.4, 0.5) is 10.5 Å². The third kappa shape index (κ3) is 3.95. The van der Waals surface area contributed by atoms with Crippen LogP contribution in [-0.4, -0.2) is 46.3 Å². The van der Waals surface area contributed by atoms with Crippen molar-refractivity contribution < 1.29 is 19.8 Å². The number of amides is 2. The lowest BCUT2D eigenvalue weighted by atomic mass is 9.92. The van der Waals surface area contributed by atoms with E-state index in [2.05, 4.69) is 5.32 Å². The zero-order valence-corrected chi connectivity index (χ0v) is 12.0. The minimum Gasteiger partial charge on any atom is -0.478 e. The summed E-state index contributed by atoms with van der Waals surface area (Å²) in [5.41, 5.74) is 0.609. The van der Waals surface area contributed by atoms with E-state index in [1.54, 1.807) is 24.0 Å². The van der Waals surface area contributed by atoms with Gasteiger partial charge in [0.2, 0.25) is 0 Å². The van der Waals surface area contributed by atoms with Crippen LogP contribution in [0.25, 0.3) is 0 Å². The molecule has 0 spiro atoms. The smallest absolute Gasteiger partial charge is 0.335 e. The summed E-state index contributed by atoms with van der Waals surface area (Å²) >= 11 is 0. The predicted molar refractivity (Wildman–Crippen MR) is 78.4 cm³/mol. The molecule has 6 nitrogen and oxygen atoms in total. The molecule has 0 saturated carbocycles. The number of aliphatic hydroxyl groups excluding tert-OH is 1. The van der Waals surface area contributed by atoms with E-state index < -0.39 is 5.97 Å². The Morgan fingerprint density at radius 3 is 2.57 bits per heavy atom. The fourth-order valence-electron chi connectivity index (χ4n) is 2.52. The van der Waals surface area contributed by atoms with Gasteiger partial charge in [-0.1, -0.05) is 6.07 Å². The molecular weight excluding hydrogens is 272 g/mol. The third-order valence-electron chi connectivity index (χ3n) is 3.87. The van der Waals surface area contributed by atoms with Crippen molar-refractivity contribution in [1.82, 2.24) is 4.90 Å². The Morgan fingerprint density at radius 1 is 1.33 bits per heavy atom. The van der Waals surface area contributed by atoms with Crippen LogP contribution in [0.1, 0.15) is 30.1 Å². The number of carboxylic acid groups (broad SMARTS) is 1. The van der Waals surface area contributed by atoms with Gasteiger partial charge in [0.15, 0.2) is 0 Å². The van der Waals surface area contributed by atoms with Crippen molar-refractivity contribution in [2.45, 2.75) is 25.9 Å². The first kappa shape index (κ1) is 15.3. The molecule has 6 heteroatoms. The SMILES string of the molecule is CC(O)C1CCN(C(=O)Nc2cccc(C(=O)O)c2)CC1. The van der Waals surface area contributed by atoms with E-state index >= 15 is 0 Å². The third-order valence-corrected chi connectivity index (χ3v) is 3.87. The van der Waals surface area contributed by atoms with Gasteiger partial charge in [0, 0.05) is 18.8 Å². The van der Waals surface area contributed by atoms with Gasteiger partial charge in [-0.3, -0.25) is 0 Å². The summed E-state index contributed by atoms with van der Waals surface area (Å²) in [6, 6.07) is 5.93. The van der Waals surface area contributed by atoms with E-state index in [-0.39, 0.29) is 23.6 Å². The van der Waals surface area contributed by atoms with Crippen molar-refractivity contribution >= 4 is 17.7 Å². The van der Waals surface area contributed by atoms with Gasteiger partial charge in [-0.25, -0.2) is 9.59 Å². The van der Waals surface area contributed by atoms with Crippen molar-refractivity contribution in [3.63, 3.8) is 0 Å². The number of aromatic carboxylic acids is 1. The Kier molecular flexibility index (Phi) is 4.80. The Hall–Kier alpha value is -2.08. The number of nitrogens with zero attached hydrogens (tertiary/aromatic N) is 1. The number of aliphatic hydroxyl groups is 1. The van der Waals surface area contributed by atoms with Gasteiger partial charge in [0.05, 0.1) is 11.7 Å². The highest BCUT2D eigenvalue weighted by Gasteiger charge is 2.25. The molecule has 1 aliphatic heterocycles. The van der Waals surface area contributed by atoms with Crippen molar-refractivity contribution in [2.75, 3.05) is 18.4 Å². The quantitative estimate of drug-likeness (QED) is 0.795. The summed E-state index contributed by atoms with van der Waals surface area (Å²) in [7, 11) is 0. The summed E-state index contributed by atoms with van der Waals surface area (Å²) in [6.07, 6.45) is 1.21. The number of hydrogen-bond donors (Lipinski definition) is 3. The standard InChI is InChI=1S/C15H20N2O4/c1-10(18)11-5-7-17(8-6-11)15(21)16-13-4-2-3-12(9-13)14(19)20/h2-4,9-11,18H,5-8H2,1H3,(H,16,21)(H,19,20). The second kappa shape index (κ2) is 6.58. The van der Waals surface area contributed by atoms with Crippen molar-refractivity contribution in [2.24, 2.45) is 5.92 Å². The van der Waals surface area contributed by atoms with Crippen LogP contribution in [0.5, 0.6) is 0 Å². The van der Waals surface area contributed by atoms with Crippen molar-refractivity contribution in [1.29, 1.82) is 0 Å². The first-order valence-corrected chi connectivity index (χ1v) is 7.04. The van der Waals surface area contributed by atoms with Gasteiger partial charge in [0.25, 0.3) is 0 Å². The van der Waals surface area contributed by atoms with Crippen LogP contribution in [0, 0.1) is 5.92 Å². The highest BCUT2D eigenvalue weighted by Crippen LogP contribution is 2.21. The molecule has 1 aliphatic rings. The monoisotopic (exact) mass is 292 g/mol. The molecule has 0 aromatic heterocycles. The van der Waals surface area contributed by atoms with Gasteiger partial charge in [-0.2, -0.15) is 0 Å². The fraction of sp³-hybridized carbons (Fsp3) is 0.467. The van der Waals surface area contributed by atoms with Gasteiger partial charge < -0.3 is 20.4 Å². The Morgan fingerprint density at radius 2 is 2.00 bits per heavy atom. The lowest BCUT2D eigenvalue weighted by Gasteiger charge is -2.33. The molecule has 21 heavy (non-hydrogen) atoms. The van der Waals surface area contributed by atoms with Gasteiger partial charge in [-0.15, -0.1) is 0 Å². The Labute approximate surface area is 123 Å². The second-order valence-electron chi connectivity index (χ2n) is 5.38. The van der Waals surface area contributed by atoms with E-state index in [1.807, 2.05) is 0 Å². The maximum atomic E-state index is 12.1. The second-order valence-corrected chi connectivity index (χ2v) is 5.38. The maximum absolute atomic E-state index is 12.1. The highest BCUT2D eigenvalue weighted by molar-refractivity contribution is 5.93. The number of benzene rings is 1. The molecule has 1 atom stereocenters. The first-order chi connectivity index (χ1) is 9.97. The van der Waals surface area contributed by atoms with E-state index in [1.165, 1.54) is 12.1 Å². The summed E-state index contributed by atoms with van der Waals surface area (Å²) in [5.74, 6) is -0.784. The molecule has 1 saturated heterocycles. The number of carbonyl (C=O) groups is 2. The lowest BCUT2D eigenvalue weighted by Crippen LogP contribution is -2.42. The first-order valence-electron chi connectivity index (χ1n) is 7.04. The molecule has 114 valence electrons. The normalized spacial score (nSPS) is 17.3. The number of urea groups is 1. The number of piperidine rings is 1. The number of carboxylic acids is 1. The van der Waals surface area contributed by atoms with E-state index in [9.17, 15) is 14.7 Å². The van der Waals surface area contributed by atoms with Crippen LogP contribution >= 0.6 is 0 Å². The summed E-state index contributed by atoms with van der Waals surface area (Å²) in [5, 5.41) is 21.2. The van der Waals surface area contributed by atoms with Crippen LogP contribution in [0.15, 0.2) is 24.3 Å². The largest absolute Gasteiger partial charge is 0.478 e. The minimum absolute atomic E-state index is 0.139. The molecule has 0 bridgehead atoms. The summed E-state index contributed by atoms with van der Waals surface area (Å²) in [4.78, 5) is 24.7. The average Bonchev–Trinajstić information content (AvgIpc) is 2.47. The topological polar surface area (TPSA) is 89.9 Å². The number of likely N-dealkylation sites (tertiary alicyclic amines) is 1. The maximum Gasteiger partial charge on any atom is 0.335 e. The van der Waals surface area contributed by atoms with E-state index in [0.29, 0.717) is 18.8 Å². The molecule has 2 rings (SSSR count). The highest BCUT2D eigenvalue weighted by atomic mass is 16.4. The molecule has 1 heterocycles. The van der Waals surface area contributed by atoms with Crippen LogP contribution in [0.2, 0.25) is 0 Å². The molecule has 0 aliphatic carbocycles. The fourth-order valence-corrected chi connectivity index (χ4v) is 2.52. The molecule has 1 fully saturated rings. The van der Waals surface area contributed by atoms with Crippen molar-refractivity contribution in [3.05, 3.63) is 29.8 Å². The number of rotatable bonds is 3. The average molecular weight is 292 g/mol. The van der Waals surface area contributed by atoms with Crippen molar-refractivity contribution in [3.8, 4) is 0 Å². The van der Waals surface area contributed by atoms with Crippen LogP contribution < -0.4 is 5.32 Å². The minimum atomic E-state index is -1.02. The molecule has 3 N–H and O–H groups in total. The molecule has 1 aromatic carbocycles. The molecular formula is C15H20N2O4. The molecule has 1 aromatic rings. The molecule has 2 amide bonds. The predicted octanol–water partition coefficient (Wildman–Crippen LogP) is 2.01. The number of nitrogens with one attached hydrogen (secondary N) is 1. The number of carbonyl (C=O) groups excluding carboxylic acids is 1. The van der Waals surface area contributed by atoms with E-state index in [4.69, 9.17) is 5.11 Å².